The van der Waals surface area contributed by atoms with Gasteiger partial charge in [0, 0.05) is 37.8 Å². The van der Waals surface area contributed by atoms with Gasteiger partial charge in [0.15, 0.2) is 5.96 Å². The second-order valence-corrected chi connectivity index (χ2v) is 8.02. The number of aliphatic imine (C=N–C) groups is 1. The molecular weight excluding hydrogens is 455 g/mol. The molecule has 3 N–H and O–H groups in total. The van der Waals surface area contributed by atoms with E-state index in [0.29, 0.717) is 13.2 Å². The van der Waals surface area contributed by atoms with E-state index in [-0.39, 0.29) is 36.0 Å². The molecule has 1 unspecified atom stereocenters. The van der Waals surface area contributed by atoms with Crippen LogP contribution < -0.4 is 10.6 Å². The smallest absolute Gasteiger partial charge is 0.191 e. The molecule has 160 valence electrons. The molecule has 0 aromatic carbocycles. The zero-order valence-corrected chi connectivity index (χ0v) is 19.7. The van der Waals surface area contributed by atoms with Gasteiger partial charge in [0.2, 0.25) is 0 Å². The highest BCUT2D eigenvalue weighted by atomic mass is 127. The minimum atomic E-state index is 0. The van der Waals surface area contributed by atoms with Crippen molar-refractivity contribution in [3.63, 3.8) is 0 Å². The van der Waals surface area contributed by atoms with E-state index in [1.54, 1.807) is 0 Å². The van der Waals surface area contributed by atoms with E-state index in [9.17, 15) is 5.11 Å². The molecule has 6 nitrogen and oxygen atoms in total. The van der Waals surface area contributed by atoms with Crippen LogP contribution >= 0.6 is 24.0 Å². The summed E-state index contributed by atoms with van der Waals surface area (Å²) in [6, 6.07) is 0.784. The van der Waals surface area contributed by atoms with Crippen molar-refractivity contribution >= 4 is 29.9 Å². The van der Waals surface area contributed by atoms with Crippen molar-refractivity contribution in [2.75, 3.05) is 53.0 Å². The predicted octanol–water partition coefficient (Wildman–Crippen LogP) is 2.60. The van der Waals surface area contributed by atoms with Crippen molar-refractivity contribution in [1.29, 1.82) is 0 Å². The van der Waals surface area contributed by atoms with Gasteiger partial charge in [-0.3, -0.25) is 4.99 Å². The maximum Gasteiger partial charge on any atom is 0.191 e. The van der Waals surface area contributed by atoms with Gasteiger partial charge in [-0.05, 0) is 52.6 Å². The summed E-state index contributed by atoms with van der Waals surface area (Å²) < 4.78 is 5.56. The van der Waals surface area contributed by atoms with Gasteiger partial charge < -0.3 is 25.4 Å². The van der Waals surface area contributed by atoms with Crippen LogP contribution in [-0.2, 0) is 4.74 Å². The van der Waals surface area contributed by atoms with Crippen molar-refractivity contribution in [2.24, 2.45) is 10.4 Å². The Bertz CT molecular complexity index is 411. The molecule has 1 aliphatic heterocycles. The Labute approximate surface area is 182 Å². The number of halogens is 1. The number of nitrogens with one attached hydrogen (secondary N) is 2. The first kappa shape index (κ1) is 24.9. The quantitative estimate of drug-likeness (QED) is 0.188. The molecule has 2 fully saturated rings. The summed E-state index contributed by atoms with van der Waals surface area (Å²) in [7, 11) is 2.27. The molecule has 1 heterocycles. The number of hydrogen-bond acceptors (Lipinski definition) is 4. The maximum absolute atomic E-state index is 9.35. The molecule has 0 aromatic heterocycles. The summed E-state index contributed by atoms with van der Waals surface area (Å²) >= 11 is 0. The standard InChI is InChI=1S/C20H40N4O2.HI/c1-3-21-19(23-16-20(10-14-25)11-15-26-17-20)22-12-7-13-24(2)18-8-5-4-6-9-18;/h18,25H,3-17H2,1-2H3,(H2,21,22,23);1H. The number of aliphatic hydroxyl groups is 1. The number of nitrogens with zero attached hydrogens (tertiary/aromatic N) is 2. The summed E-state index contributed by atoms with van der Waals surface area (Å²) in [5.74, 6) is 0.886. The van der Waals surface area contributed by atoms with E-state index in [1.165, 1.54) is 32.1 Å². The zero-order chi connectivity index (χ0) is 18.7. The van der Waals surface area contributed by atoms with Crippen LogP contribution in [0.2, 0.25) is 0 Å². The first-order valence-electron chi connectivity index (χ1n) is 10.6. The second kappa shape index (κ2) is 14.0. The highest BCUT2D eigenvalue weighted by Crippen LogP contribution is 2.32. The molecule has 1 saturated heterocycles. The molecule has 2 aliphatic rings. The largest absolute Gasteiger partial charge is 0.396 e. The number of guanidine groups is 1. The molecule has 27 heavy (non-hydrogen) atoms. The molecule has 2 rings (SSSR count). The van der Waals surface area contributed by atoms with Crippen LogP contribution in [-0.4, -0.2) is 75.1 Å². The molecule has 0 spiro atoms. The predicted molar refractivity (Wildman–Crippen MR) is 123 cm³/mol. The molecule has 1 atom stereocenters. The first-order valence-corrected chi connectivity index (χ1v) is 10.6. The van der Waals surface area contributed by atoms with Gasteiger partial charge in [-0.1, -0.05) is 19.3 Å². The highest BCUT2D eigenvalue weighted by molar-refractivity contribution is 14.0. The van der Waals surface area contributed by atoms with Crippen molar-refractivity contribution in [3.8, 4) is 0 Å². The number of aliphatic hydroxyl groups excluding tert-OH is 1. The first-order chi connectivity index (χ1) is 12.7. The van der Waals surface area contributed by atoms with Crippen LogP contribution in [0.5, 0.6) is 0 Å². The lowest BCUT2D eigenvalue weighted by atomic mass is 9.84. The lowest BCUT2D eigenvalue weighted by Crippen LogP contribution is -2.40. The van der Waals surface area contributed by atoms with E-state index >= 15 is 0 Å². The Hall–Kier alpha value is -0.120. The van der Waals surface area contributed by atoms with E-state index < -0.39 is 0 Å². The van der Waals surface area contributed by atoms with Gasteiger partial charge >= 0.3 is 0 Å². The Morgan fingerprint density at radius 3 is 2.67 bits per heavy atom. The number of hydrogen-bond donors (Lipinski definition) is 3. The van der Waals surface area contributed by atoms with E-state index in [1.807, 2.05) is 0 Å². The van der Waals surface area contributed by atoms with Gasteiger partial charge in [0.25, 0.3) is 0 Å². The molecule has 7 heteroatoms. The van der Waals surface area contributed by atoms with Gasteiger partial charge in [0.1, 0.15) is 0 Å². The summed E-state index contributed by atoms with van der Waals surface area (Å²) in [6.45, 7) is 7.44. The molecular formula is C20H41IN4O2. The normalized spacial score (nSPS) is 24.1. The Balaban J connectivity index is 0.00000364. The van der Waals surface area contributed by atoms with Gasteiger partial charge in [-0.2, -0.15) is 0 Å². The fourth-order valence-electron chi connectivity index (χ4n) is 4.12. The third-order valence-electron chi connectivity index (χ3n) is 5.92. The Morgan fingerprint density at radius 2 is 2.04 bits per heavy atom. The van der Waals surface area contributed by atoms with Crippen molar-refractivity contribution in [3.05, 3.63) is 0 Å². The molecule has 0 aromatic rings. The van der Waals surface area contributed by atoms with Gasteiger partial charge in [-0.15, -0.1) is 24.0 Å². The second-order valence-electron chi connectivity index (χ2n) is 8.02. The summed E-state index contributed by atoms with van der Waals surface area (Å²) in [6.07, 6.45) is 9.81. The van der Waals surface area contributed by atoms with Crippen molar-refractivity contribution in [1.82, 2.24) is 15.5 Å². The third-order valence-corrected chi connectivity index (χ3v) is 5.92. The summed E-state index contributed by atoms with van der Waals surface area (Å²) in [5, 5.41) is 16.2. The SMILES string of the molecule is CCNC(=NCC1(CCO)CCOC1)NCCCN(C)C1CCCCC1.I. The number of ether oxygens (including phenoxy) is 1. The molecule has 1 aliphatic carbocycles. The van der Waals surface area contributed by atoms with Crippen LogP contribution in [0.25, 0.3) is 0 Å². The monoisotopic (exact) mass is 496 g/mol. The van der Waals surface area contributed by atoms with Gasteiger partial charge in [-0.25, -0.2) is 0 Å². The zero-order valence-electron chi connectivity index (χ0n) is 17.3. The summed E-state index contributed by atoms with van der Waals surface area (Å²) in [4.78, 5) is 7.32. The van der Waals surface area contributed by atoms with Crippen LogP contribution in [0, 0.1) is 5.41 Å². The van der Waals surface area contributed by atoms with E-state index in [4.69, 9.17) is 9.73 Å². The maximum atomic E-state index is 9.35. The van der Waals surface area contributed by atoms with Crippen LogP contribution in [0.15, 0.2) is 4.99 Å². The van der Waals surface area contributed by atoms with Gasteiger partial charge in [0.05, 0.1) is 13.2 Å². The lowest BCUT2D eigenvalue weighted by molar-refractivity contribution is 0.131. The molecule has 0 amide bonds. The lowest BCUT2D eigenvalue weighted by Gasteiger charge is -2.31. The van der Waals surface area contributed by atoms with Crippen molar-refractivity contribution in [2.45, 2.75) is 64.3 Å². The minimum absolute atomic E-state index is 0. The Kier molecular flexibility index (Phi) is 12.9. The van der Waals surface area contributed by atoms with Crippen LogP contribution in [0.3, 0.4) is 0 Å². The fraction of sp³-hybridized carbons (Fsp3) is 0.950. The third kappa shape index (κ3) is 8.83. The molecule has 0 bridgehead atoms. The van der Waals surface area contributed by atoms with Crippen LogP contribution in [0.1, 0.15) is 58.3 Å². The molecule has 0 radical (unpaired) electrons. The summed E-state index contributed by atoms with van der Waals surface area (Å²) in [5.41, 5.74) is 0.0122. The average Bonchev–Trinajstić information content (AvgIpc) is 3.13. The minimum Gasteiger partial charge on any atom is -0.396 e. The number of rotatable bonds is 10. The van der Waals surface area contributed by atoms with Crippen molar-refractivity contribution < 1.29 is 9.84 Å². The average molecular weight is 496 g/mol. The van der Waals surface area contributed by atoms with E-state index in [0.717, 1.165) is 57.5 Å². The highest BCUT2D eigenvalue weighted by Gasteiger charge is 2.34. The topological polar surface area (TPSA) is 69.1 Å². The van der Waals surface area contributed by atoms with E-state index in [2.05, 4.69) is 29.5 Å². The Morgan fingerprint density at radius 1 is 1.26 bits per heavy atom. The fourth-order valence-corrected chi connectivity index (χ4v) is 4.12. The molecule has 1 saturated carbocycles. The van der Waals surface area contributed by atoms with Crippen LogP contribution in [0.4, 0.5) is 0 Å².